The summed E-state index contributed by atoms with van der Waals surface area (Å²) in [6, 6.07) is 4.06. The van der Waals surface area contributed by atoms with Crippen molar-refractivity contribution in [3.63, 3.8) is 0 Å². The molecule has 21 heavy (non-hydrogen) atoms. The molecule has 1 aromatic carbocycles. The number of para-hydroxylation sites is 1. The molecule has 1 aliphatic heterocycles. The molecule has 1 fully saturated rings. The van der Waals surface area contributed by atoms with Gasteiger partial charge in [0.05, 0.1) is 10.5 Å². The molecule has 0 unspecified atom stereocenters. The number of likely N-dealkylation sites (tertiary alicyclic amines) is 1. The summed E-state index contributed by atoms with van der Waals surface area (Å²) < 4.78 is 0. The van der Waals surface area contributed by atoms with Gasteiger partial charge in [0.2, 0.25) is 5.75 Å². The van der Waals surface area contributed by atoms with Crippen molar-refractivity contribution < 1.29 is 14.8 Å². The van der Waals surface area contributed by atoms with Crippen LogP contribution in [0, 0.1) is 22.0 Å². The van der Waals surface area contributed by atoms with Gasteiger partial charge in [-0.15, -0.1) is 0 Å². The van der Waals surface area contributed by atoms with Gasteiger partial charge in [0.1, 0.15) is 0 Å². The summed E-state index contributed by atoms with van der Waals surface area (Å²) in [5.41, 5.74) is -0.421. The Morgan fingerprint density at radius 1 is 1.24 bits per heavy atom. The maximum Gasteiger partial charge on any atom is 0.311 e. The zero-order valence-electron chi connectivity index (χ0n) is 11.4. The number of benzene rings is 1. The van der Waals surface area contributed by atoms with Crippen LogP contribution in [0.2, 0.25) is 0 Å². The van der Waals surface area contributed by atoms with Gasteiger partial charge in [-0.1, -0.05) is 18.2 Å². The van der Waals surface area contributed by atoms with Crippen molar-refractivity contribution in [3.8, 4) is 5.75 Å². The lowest BCUT2D eigenvalue weighted by Gasteiger charge is -2.17. The molecule has 1 saturated heterocycles. The third-order valence-corrected chi connectivity index (χ3v) is 4.35. The van der Waals surface area contributed by atoms with Crippen LogP contribution in [0.5, 0.6) is 5.75 Å². The normalized spacial score (nSPS) is 23.9. The van der Waals surface area contributed by atoms with E-state index < -0.39 is 16.4 Å². The molecular weight excluding hydrogens is 272 g/mol. The van der Waals surface area contributed by atoms with Crippen molar-refractivity contribution in [2.75, 3.05) is 13.1 Å². The molecule has 1 amide bonds. The zero-order chi connectivity index (χ0) is 15.0. The maximum atomic E-state index is 12.5. The van der Waals surface area contributed by atoms with Gasteiger partial charge >= 0.3 is 5.69 Å². The Hall–Kier alpha value is -2.37. The van der Waals surface area contributed by atoms with E-state index in [4.69, 9.17) is 0 Å². The number of phenols is 1. The number of allylic oxidation sites excluding steroid dienone is 2. The number of hydrogen-bond donors (Lipinski definition) is 1. The fraction of sp³-hybridized carbons (Fsp3) is 0.400. The highest BCUT2D eigenvalue weighted by Crippen LogP contribution is 2.35. The van der Waals surface area contributed by atoms with Crippen LogP contribution in [0.1, 0.15) is 23.2 Å². The molecule has 110 valence electrons. The fourth-order valence-corrected chi connectivity index (χ4v) is 3.20. The summed E-state index contributed by atoms with van der Waals surface area (Å²) in [6.45, 7) is 1.30. The van der Waals surface area contributed by atoms with Crippen molar-refractivity contribution in [2.45, 2.75) is 12.8 Å². The highest BCUT2D eigenvalue weighted by molar-refractivity contribution is 5.98. The third-order valence-electron chi connectivity index (χ3n) is 4.35. The summed E-state index contributed by atoms with van der Waals surface area (Å²) in [6.07, 6.45) is 6.21. The molecule has 0 bridgehead atoms. The number of carbonyl (C=O) groups is 1. The number of phenolic OH excluding ortho intramolecular Hbond substituents is 1. The predicted molar refractivity (Wildman–Crippen MR) is 76.0 cm³/mol. The molecule has 6 nitrogen and oxygen atoms in total. The van der Waals surface area contributed by atoms with Gasteiger partial charge in [-0.05, 0) is 30.7 Å². The van der Waals surface area contributed by atoms with Gasteiger partial charge in [0.15, 0.2) is 0 Å². The van der Waals surface area contributed by atoms with E-state index in [1.165, 1.54) is 18.2 Å². The van der Waals surface area contributed by atoms with E-state index in [0.29, 0.717) is 24.9 Å². The molecule has 2 aliphatic rings. The van der Waals surface area contributed by atoms with Crippen LogP contribution in [0.3, 0.4) is 0 Å². The first kappa shape index (κ1) is 13.6. The van der Waals surface area contributed by atoms with Gasteiger partial charge in [-0.25, -0.2) is 0 Å². The van der Waals surface area contributed by atoms with E-state index >= 15 is 0 Å². The van der Waals surface area contributed by atoms with Crippen LogP contribution in [0.25, 0.3) is 0 Å². The third kappa shape index (κ3) is 2.37. The summed E-state index contributed by atoms with van der Waals surface area (Å²) in [5, 5.41) is 20.8. The van der Waals surface area contributed by atoms with Gasteiger partial charge in [0, 0.05) is 19.2 Å². The van der Waals surface area contributed by atoms with Crippen LogP contribution in [-0.4, -0.2) is 33.9 Å². The molecule has 1 aromatic rings. The molecule has 0 radical (unpaired) electrons. The van der Waals surface area contributed by atoms with Crippen LogP contribution in [0.4, 0.5) is 5.69 Å². The molecule has 1 N–H and O–H groups in total. The number of nitrogens with zero attached hydrogens (tertiary/aromatic N) is 2. The fourth-order valence-electron chi connectivity index (χ4n) is 3.20. The van der Waals surface area contributed by atoms with Gasteiger partial charge < -0.3 is 10.0 Å². The van der Waals surface area contributed by atoms with E-state index in [2.05, 4.69) is 12.2 Å². The second-order valence-corrected chi connectivity index (χ2v) is 5.60. The SMILES string of the molecule is O=C(c1cccc([N+](=O)[O-])c1O)N1C[C@H]2CC=CC[C@H]2C1. The largest absolute Gasteiger partial charge is 0.502 e. The van der Waals surface area contributed by atoms with E-state index in [1.807, 2.05) is 0 Å². The van der Waals surface area contributed by atoms with Gasteiger partial charge in [-0.2, -0.15) is 0 Å². The molecular formula is C15H16N2O4. The lowest BCUT2D eigenvalue weighted by atomic mass is 9.86. The minimum Gasteiger partial charge on any atom is -0.502 e. The lowest BCUT2D eigenvalue weighted by Crippen LogP contribution is -2.29. The number of aromatic hydroxyl groups is 1. The zero-order valence-corrected chi connectivity index (χ0v) is 11.4. The number of amides is 1. The van der Waals surface area contributed by atoms with E-state index in [-0.39, 0.29) is 11.5 Å². The molecule has 0 aromatic heterocycles. The number of rotatable bonds is 2. The van der Waals surface area contributed by atoms with Crippen molar-refractivity contribution in [1.82, 2.24) is 4.90 Å². The second-order valence-electron chi connectivity index (χ2n) is 5.60. The molecule has 1 aliphatic carbocycles. The van der Waals surface area contributed by atoms with E-state index in [0.717, 1.165) is 12.8 Å². The quantitative estimate of drug-likeness (QED) is 0.514. The smallest absolute Gasteiger partial charge is 0.311 e. The molecule has 0 saturated carbocycles. The molecule has 2 atom stereocenters. The summed E-state index contributed by atoms with van der Waals surface area (Å²) >= 11 is 0. The number of nitro benzene ring substituents is 1. The van der Waals surface area contributed by atoms with Gasteiger partial charge in [-0.3, -0.25) is 14.9 Å². The average molecular weight is 288 g/mol. The van der Waals surface area contributed by atoms with Crippen molar-refractivity contribution in [1.29, 1.82) is 0 Å². The number of hydrogen-bond acceptors (Lipinski definition) is 4. The predicted octanol–water partition coefficient (Wildman–Crippen LogP) is 2.34. The Labute approximate surface area is 121 Å². The minimum absolute atomic E-state index is 0.0100. The first-order valence-electron chi connectivity index (χ1n) is 6.98. The monoisotopic (exact) mass is 288 g/mol. The highest BCUT2D eigenvalue weighted by Gasteiger charge is 2.36. The van der Waals surface area contributed by atoms with Crippen molar-refractivity contribution in [2.24, 2.45) is 11.8 Å². The van der Waals surface area contributed by atoms with Crippen LogP contribution in [0.15, 0.2) is 30.4 Å². The Kier molecular flexibility index (Phi) is 3.37. The standard InChI is InChI=1S/C15H16N2O4/c18-14-12(6-3-7-13(14)17(20)21)15(19)16-8-10-4-1-2-5-11(10)9-16/h1-3,6-7,10-11,18H,4-5,8-9H2/t10-,11+. The molecule has 0 spiro atoms. The summed E-state index contributed by atoms with van der Waals surface area (Å²) in [4.78, 5) is 24.4. The summed E-state index contributed by atoms with van der Waals surface area (Å²) in [5.74, 6) is 0.0469. The molecule has 3 rings (SSSR count). The first-order valence-corrected chi connectivity index (χ1v) is 6.98. The average Bonchev–Trinajstić information content (AvgIpc) is 2.90. The van der Waals surface area contributed by atoms with Crippen LogP contribution >= 0.6 is 0 Å². The second kappa shape index (κ2) is 5.20. The first-order chi connectivity index (χ1) is 10.1. The number of carbonyl (C=O) groups excluding carboxylic acids is 1. The van der Waals surface area contributed by atoms with Crippen molar-refractivity contribution in [3.05, 3.63) is 46.0 Å². The molecule has 1 heterocycles. The Bertz CT molecular complexity index is 610. The van der Waals surface area contributed by atoms with Crippen molar-refractivity contribution >= 4 is 11.6 Å². The summed E-state index contributed by atoms with van der Waals surface area (Å²) in [7, 11) is 0. The topological polar surface area (TPSA) is 83.7 Å². The minimum atomic E-state index is -0.681. The van der Waals surface area contributed by atoms with Crippen LogP contribution in [-0.2, 0) is 0 Å². The Morgan fingerprint density at radius 3 is 2.43 bits per heavy atom. The maximum absolute atomic E-state index is 12.5. The Morgan fingerprint density at radius 2 is 1.86 bits per heavy atom. The molecule has 6 heteroatoms. The van der Waals surface area contributed by atoms with E-state index in [9.17, 15) is 20.0 Å². The highest BCUT2D eigenvalue weighted by atomic mass is 16.6. The van der Waals surface area contributed by atoms with Gasteiger partial charge in [0.25, 0.3) is 5.91 Å². The number of fused-ring (bicyclic) bond motifs is 1. The van der Waals surface area contributed by atoms with E-state index in [1.54, 1.807) is 4.90 Å². The van der Waals surface area contributed by atoms with Crippen LogP contribution < -0.4 is 0 Å². The Balaban J connectivity index is 1.83. The lowest BCUT2D eigenvalue weighted by molar-refractivity contribution is -0.385. The number of nitro groups is 1.